The average Bonchev–Trinajstić information content (AvgIpc) is 3.02. The molecule has 1 aliphatic heterocycles. The van der Waals surface area contributed by atoms with Gasteiger partial charge in [-0.25, -0.2) is 0 Å². The van der Waals surface area contributed by atoms with E-state index in [0.29, 0.717) is 31.1 Å². The summed E-state index contributed by atoms with van der Waals surface area (Å²) in [5.74, 6) is 0.944. The van der Waals surface area contributed by atoms with Gasteiger partial charge in [0.2, 0.25) is 5.91 Å². The van der Waals surface area contributed by atoms with Crippen molar-refractivity contribution in [1.29, 1.82) is 0 Å². The van der Waals surface area contributed by atoms with E-state index in [2.05, 4.69) is 15.4 Å². The summed E-state index contributed by atoms with van der Waals surface area (Å²) < 4.78 is 9.68. The maximum Gasteiger partial charge on any atom is 0.310 e. The zero-order valence-electron chi connectivity index (χ0n) is 12.6. The van der Waals surface area contributed by atoms with Gasteiger partial charge in [-0.3, -0.25) is 9.59 Å². The molecule has 7 heteroatoms. The monoisotopic (exact) mass is 295 g/mol. The first kappa shape index (κ1) is 15.5. The molecule has 1 saturated heterocycles. The van der Waals surface area contributed by atoms with Crippen molar-refractivity contribution >= 4 is 17.7 Å². The number of carbonyl (C=O) groups excluding carboxylic acids is 2. The molecule has 0 bridgehead atoms. The summed E-state index contributed by atoms with van der Waals surface area (Å²) in [7, 11) is 1.41. The molecule has 1 fully saturated rings. The van der Waals surface area contributed by atoms with Crippen LogP contribution in [0, 0.1) is 18.8 Å². The molecule has 7 nitrogen and oxygen atoms in total. The molecule has 1 N–H and O–H groups in total. The summed E-state index contributed by atoms with van der Waals surface area (Å²) in [6.07, 6.45) is 0.354. The van der Waals surface area contributed by atoms with Crippen molar-refractivity contribution in [1.82, 2.24) is 10.1 Å². The molecule has 21 heavy (non-hydrogen) atoms. The first-order valence-corrected chi connectivity index (χ1v) is 7.03. The van der Waals surface area contributed by atoms with Gasteiger partial charge in [0.1, 0.15) is 5.76 Å². The average molecular weight is 295 g/mol. The molecule has 1 aromatic heterocycles. The SMILES string of the molecule is COC(=O)C1CN(CCC(=O)Nc2cc(C)on2)CC1C. The van der Waals surface area contributed by atoms with Crippen molar-refractivity contribution in [2.75, 3.05) is 32.1 Å². The Balaban J connectivity index is 1.76. The molecule has 0 aliphatic carbocycles. The number of ether oxygens (including phenoxy) is 1. The summed E-state index contributed by atoms with van der Waals surface area (Å²) in [6, 6.07) is 1.67. The Hall–Kier alpha value is -1.89. The summed E-state index contributed by atoms with van der Waals surface area (Å²) >= 11 is 0. The number of anilines is 1. The van der Waals surface area contributed by atoms with E-state index < -0.39 is 0 Å². The summed E-state index contributed by atoms with van der Waals surface area (Å²) in [5, 5.41) is 6.39. The molecule has 0 radical (unpaired) electrons. The van der Waals surface area contributed by atoms with Gasteiger partial charge in [0.15, 0.2) is 5.82 Å². The number of amides is 1. The number of methoxy groups -OCH3 is 1. The van der Waals surface area contributed by atoms with E-state index in [9.17, 15) is 9.59 Å². The summed E-state index contributed by atoms with van der Waals surface area (Å²) in [6.45, 7) is 5.85. The lowest BCUT2D eigenvalue weighted by Gasteiger charge is -2.14. The fourth-order valence-corrected chi connectivity index (χ4v) is 2.60. The van der Waals surface area contributed by atoms with Crippen molar-refractivity contribution in [3.05, 3.63) is 11.8 Å². The van der Waals surface area contributed by atoms with Crippen LogP contribution in [0.1, 0.15) is 19.1 Å². The van der Waals surface area contributed by atoms with E-state index >= 15 is 0 Å². The van der Waals surface area contributed by atoms with E-state index in [0.717, 1.165) is 6.54 Å². The van der Waals surface area contributed by atoms with Gasteiger partial charge in [0, 0.05) is 32.1 Å². The molecule has 1 amide bonds. The van der Waals surface area contributed by atoms with E-state index in [4.69, 9.17) is 9.26 Å². The molecular formula is C14H21N3O4. The Labute approximate surface area is 123 Å². The second-order valence-electron chi connectivity index (χ2n) is 5.49. The van der Waals surface area contributed by atoms with Crippen LogP contribution in [0.15, 0.2) is 10.6 Å². The van der Waals surface area contributed by atoms with Crippen LogP contribution in [0.2, 0.25) is 0 Å². The standard InChI is InChI=1S/C14H21N3O4/c1-9-7-17(8-11(9)14(19)20-3)5-4-13(18)15-12-6-10(2)21-16-12/h6,9,11H,4-5,7-8H2,1-3H3,(H,15,16,18). The van der Waals surface area contributed by atoms with Gasteiger partial charge in [0.05, 0.1) is 13.0 Å². The van der Waals surface area contributed by atoms with Crippen LogP contribution in [-0.4, -0.2) is 48.7 Å². The highest BCUT2D eigenvalue weighted by atomic mass is 16.5. The molecule has 1 aromatic rings. The lowest BCUT2D eigenvalue weighted by Crippen LogP contribution is -2.27. The van der Waals surface area contributed by atoms with E-state index in [-0.39, 0.29) is 23.7 Å². The van der Waals surface area contributed by atoms with Crippen molar-refractivity contribution < 1.29 is 18.8 Å². The maximum atomic E-state index is 11.8. The number of aryl methyl sites for hydroxylation is 1. The largest absolute Gasteiger partial charge is 0.469 e. The van der Waals surface area contributed by atoms with Crippen molar-refractivity contribution in [3.63, 3.8) is 0 Å². The fraction of sp³-hybridized carbons (Fsp3) is 0.643. The van der Waals surface area contributed by atoms with Gasteiger partial charge < -0.3 is 19.5 Å². The van der Waals surface area contributed by atoms with Gasteiger partial charge in [-0.05, 0) is 12.8 Å². The molecule has 1 aliphatic rings. The van der Waals surface area contributed by atoms with Gasteiger partial charge in [-0.1, -0.05) is 12.1 Å². The molecule has 0 aromatic carbocycles. The molecule has 2 unspecified atom stereocenters. The second-order valence-corrected chi connectivity index (χ2v) is 5.49. The van der Waals surface area contributed by atoms with Crippen LogP contribution in [0.25, 0.3) is 0 Å². The fourth-order valence-electron chi connectivity index (χ4n) is 2.60. The summed E-state index contributed by atoms with van der Waals surface area (Å²) in [5.41, 5.74) is 0. The minimum Gasteiger partial charge on any atom is -0.469 e. The third kappa shape index (κ3) is 4.04. The zero-order chi connectivity index (χ0) is 15.4. The third-order valence-corrected chi connectivity index (χ3v) is 3.74. The van der Waals surface area contributed by atoms with Crippen LogP contribution >= 0.6 is 0 Å². The number of hydrogen-bond donors (Lipinski definition) is 1. The number of rotatable bonds is 5. The quantitative estimate of drug-likeness (QED) is 0.817. The number of carbonyl (C=O) groups is 2. The van der Waals surface area contributed by atoms with Crippen LogP contribution in [0.3, 0.4) is 0 Å². The minimum atomic E-state index is -0.174. The maximum absolute atomic E-state index is 11.8. The number of aromatic nitrogens is 1. The Morgan fingerprint density at radius 2 is 2.29 bits per heavy atom. The van der Waals surface area contributed by atoms with Crippen LogP contribution < -0.4 is 5.32 Å². The molecule has 0 saturated carbocycles. The molecular weight excluding hydrogens is 274 g/mol. The van der Waals surface area contributed by atoms with Gasteiger partial charge in [-0.15, -0.1) is 0 Å². The minimum absolute atomic E-state index is 0.101. The Morgan fingerprint density at radius 3 is 2.90 bits per heavy atom. The highest BCUT2D eigenvalue weighted by Crippen LogP contribution is 2.24. The Kier molecular flexibility index (Phi) is 4.95. The van der Waals surface area contributed by atoms with E-state index in [1.165, 1.54) is 7.11 Å². The van der Waals surface area contributed by atoms with Crippen LogP contribution in [0.5, 0.6) is 0 Å². The van der Waals surface area contributed by atoms with Crippen molar-refractivity contribution in [3.8, 4) is 0 Å². The molecule has 2 rings (SSSR count). The normalized spacial score (nSPS) is 22.2. The molecule has 0 spiro atoms. The van der Waals surface area contributed by atoms with Crippen molar-refractivity contribution in [2.24, 2.45) is 11.8 Å². The first-order valence-electron chi connectivity index (χ1n) is 7.03. The highest BCUT2D eigenvalue weighted by molar-refractivity contribution is 5.89. The van der Waals surface area contributed by atoms with E-state index in [1.807, 2.05) is 6.92 Å². The Morgan fingerprint density at radius 1 is 1.52 bits per heavy atom. The smallest absolute Gasteiger partial charge is 0.310 e. The van der Waals surface area contributed by atoms with Crippen molar-refractivity contribution in [2.45, 2.75) is 20.3 Å². The molecule has 116 valence electrons. The van der Waals surface area contributed by atoms with Crippen LogP contribution in [-0.2, 0) is 14.3 Å². The molecule has 2 atom stereocenters. The number of hydrogen-bond acceptors (Lipinski definition) is 6. The van der Waals surface area contributed by atoms with Crippen LogP contribution in [0.4, 0.5) is 5.82 Å². The highest BCUT2D eigenvalue weighted by Gasteiger charge is 2.35. The number of nitrogens with one attached hydrogen (secondary N) is 1. The number of esters is 1. The number of nitrogens with zero attached hydrogens (tertiary/aromatic N) is 2. The van der Waals surface area contributed by atoms with E-state index in [1.54, 1.807) is 13.0 Å². The third-order valence-electron chi connectivity index (χ3n) is 3.74. The predicted octanol–water partition coefficient (Wildman–Crippen LogP) is 1.05. The van der Waals surface area contributed by atoms with Gasteiger partial charge >= 0.3 is 5.97 Å². The Bertz CT molecular complexity index is 514. The lowest BCUT2D eigenvalue weighted by atomic mass is 9.99. The lowest BCUT2D eigenvalue weighted by molar-refractivity contribution is -0.146. The summed E-state index contributed by atoms with van der Waals surface area (Å²) in [4.78, 5) is 25.5. The first-order chi connectivity index (χ1) is 9.99. The van der Waals surface area contributed by atoms with Gasteiger partial charge in [-0.2, -0.15) is 0 Å². The number of likely N-dealkylation sites (tertiary alicyclic amines) is 1. The molecule has 2 heterocycles. The van der Waals surface area contributed by atoms with Gasteiger partial charge in [0.25, 0.3) is 0 Å². The topological polar surface area (TPSA) is 84.7 Å². The second kappa shape index (κ2) is 6.71. The zero-order valence-corrected chi connectivity index (χ0v) is 12.6. The predicted molar refractivity (Wildman–Crippen MR) is 75.6 cm³/mol.